The van der Waals surface area contributed by atoms with Crippen LogP contribution in [0.15, 0.2) is 36.7 Å². The fraction of sp³-hybridized carbons (Fsp3) is 0.300. The Hall–Kier alpha value is -2.58. The number of fused-ring (bicyclic) bond motifs is 2. The van der Waals surface area contributed by atoms with Crippen molar-refractivity contribution < 1.29 is 0 Å². The van der Waals surface area contributed by atoms with Gasteiger partial charge in [-0.2, -0.15) is 0 Å². The number of benzene rings is 1. The van der Waals surface area contributed by atoms with E-state index in [0.717, 1.165) is 47.0 Å². The standard InChI is InChI=1S/C20H18N4S/c1-2-6-18-15(5-1)7-12-24(18)20-19-17(21-14-22-20)13-16(25-19)8-11-23-9-3-4-10-23/h1-2,5-6,13-14H,3-4,7,9-10,12H2. The summed E-state index contributed by atoms with van der Waals surface area (Å²) in [5, 5.41) is 0. The van der Waals surface area contributed by atoms with Gasteiger partial charge in [0, 0.05) is 31.4 Å². The molecule has 0 saturated carbocycles. The van der Waals surface area contributed by atoms with Crippen molar-refractivity contribution in [3.63, 3.8) is 0 Å². The lowest BCUT2D eigenvalue weighted by molar-refractivity contribution is 0.496. The van der Waals surface area contributed by atoms with E-state index in [1.165, 1.54) is 24.1 Å². The minimum Gasteiger partial charge on any atom is -0.332 e. The zero-order chi connectivity index (χ0) is 16.6. The van der Waals surface area contributed by atoms with Crippen LogP contribution in [0.1, 0.15) is 23.3 Å². The van der Waals surface area contributed by atoms with E-state index < -0.39 is 0 Å². The number of thiophene rings is 1. The van der Waals surface area contributed by atoms with Gasteiger partial charge in [0.25, 0.3) is 0 Å². The lowest BCUT2D eigenvalue weighted by Crippen LogP contribution is -2.14. The monoisotopic (exact) mass is 346 g/mol. The molecule has 2 aliphatic heterocycles. The normalized spacial score (nSPS) is 16.2. The molecule has 0 atom stereocenters. The van der Waals surface area contributed by atoms with Gasteiger partial charge in [-0.3, -0.25) is 0 Å². The molecule has 0 bridgehead atoms. The number of hydrogen-bond donors (Lipinski definition) is 0. The predicted molar refractivity (Wildman–Crippen MR) is 102 cm³/mol. The third-order valence-corrected chi connectivity index (χ3v) is 5.91. The van der Waals surface area contributed by atoms with Gasteiger partial charge in [0.05, 0.1) is 15.1 Å². The third kappa shape index (κ3) is 2.63. The molecular formula is C20H18N4S. The Bertz CT molecular complexity index is 992. The van der Waals surface area contributed by atoms with Crippen LogP contribution >= 0.6 is 11.3 Å². The van der Waals surface area contributed by atoms with E-state index in [0.29, 0.717) is 0 Å². The molecule has 124 valence electrons. The minimum atomic E-state index is 0.970. The van der Waals surface area contributed by atoms with Crippen molar-refractivity contribution in [1.29, 1.82) is 0 Å². The highest BCUT2D eigenvalue weighted by molar-refractivity contribution is 7.20. The number of para-hydroxylation sites is 1. The van der Waals surface area contributed by atoms with Gasteiger partial charge in [-0.1, -0.05) is 18.2 Å². The Balaban J connectivity index is 1.54. The molecular weight excluding hydrogens is 328 g/mol. The summed E-state index contributed by atoms with van der Waals surface area (Å²) in [5.41, 5.74) is 3.64. The highest BCUT2D eigenvalue weighted by atomic mass is 32.1. The summed E-state index contributed by atoms with van der Waals surface area (Å²) in [5.74, 6) is 4.33. The van der Waals surface area contributed by atoms with Crippen LogP contribution in [0, 0.1) is 12.0 Å². The molecule has 5 heteroatoms. The number of rotatable bonds is 1. The van der Waals surface area contributed by atoms with Gasteiger partial charge in [-0.25, -0.2) is 9.97 Å². The van der Waals surface area contributed by atoms with Gasteiger partial charge < -0.3 is 9.80 Å². The molecule has 0 unspecified atom stereocenters. The molecule has 0 aliphatic carbocycles. The second kappa shape index (κ2) is 6.05. The molecule has 5 rings (SSSR count). The topological polar surface area (TPSA) is 32.3 Å². The molecule has 25 heavy (non-hydrogen) atoms. The Labute approximate surface area is 151 Å². The van der Waals surface area contributed by atoms with Crippen LogP contribution in [0.4, 0.5) is 11.5 Å². The van der Waals surface area contributed by atoms with Crippen LogP contribution in [-0.4, -0.2) is 34.5 Å². The highest BCUT2D eigenvalue weighted by Gasteiger charge is 2.23. The summed E-state index contributed by atoms with van der Waals surface area (Å²) in [7, 11) is 0. The molecule has 3 aromatic rings. The zero-order valence-electron chi connectivity index (χ0n) is 13.9. The van der Waals surface area contributed by atoms with Gasteiger partial charge in [0.2, 0.25) is 0 Å². The van der Waals surface area contributed by atoms with E-state index in [1.54, 1.807) is 17.7 Å². The van der Waals surface area contributed by atoms with E-state index in [9.17, 15) is 0 Å². The van der Waals surface area contributed by atoms with Gasteiger partial charge in [-0.05, 0) is 42.9 Å². The first-order valence-electron chi connectivity index (χ1n) is 8.75. The van der Waals surface area contributed by atoms with Crippen LogP contribution < -0.4 is 4.90 Å². The molecule has 1 aromatic carbocycles. The number of anilines is 2. The SMILES string of the molecule is C(#CN1CCCC1)c1cc2ncnc(N3CCc4ccccc43)c2s1. The Morgan fingerprint density at radius 3 is 2.84 bits per heavy atom. The molecule has 0 amide bonds. The van der Waals surface area contributed by atoms with E-state index in [1.807, 2.05) is 0 Å². The molecule has 0 N–H and O–H groups in total. The maximum Gasteiger partial charge on any atom is 0.154 e. The van der Waals surface area contributed by atoms with E-state index in [4.69, 9.17) is 0 Å². The van der Waals surface area contributed by atoms with E-state index in [-0.39, 0.29) is 0 Å². The van der Waals surface area contributed by atoms with E-state index >= 15 is 0 Å². The van der Waals surface area contributed by atoms with Crippen LogP contribution in [0.5, 0.6) is 0 Å². The molecule has 0 radical (unpaired) electrons. The lowest BCUT2D eigenvalue weighted by Gasteiger charge is -2.18. The maximum atomic E-state index is 4.61. The zero-order valence-corrected chi connectivity index (χ0v) is 14.7. The molecule has 2 aliphatic rings. The van der Waals surface area contributed by atoms with Gasteiger partial charge >= 0.3 is 0 Å². The second-order valence-corrected chi connectivity index (χ2v) is 7.54. The first kappa shape index (κ1) is 14.7. The van der Waals surface area contributed by atoms with Crippen molar-refractivity contribution in [2.24, 2.45) is 0 Å². The van der Waals surface area contributed by atoms with Gasteiger partial charge in [0.15, 0.2) is 5.82 Å². The van der Waals surface area contributed by atoms with E-state index in [2.05, 4.69) is 62.1 Å². The van der Waals surface area contributed by atoms with Gasteiger partial charge in [0.1, 0.15) is 6.33 Å². The van der Waals surface area contributed by atoms with Crippen molar-refractivity contribution in [3.8, 4) is 12.0 Å². The molecule has 0 spiro atoms. The summed E-state index contributed by atoms with van der Waals surface area (Å²) in [6.45, 7) is 3.15. The summed E-state index contributed by atoms with van der Waals surface area (Å²) in [6.07, 6.45) is 5.24. The third-order valence-electron chi connectivity index (χ3n) is 4.88. The number of aromatic nitrogens is 2. The fourth-order valence-corrected chi connectivity index (χ4v) is 4.57. The summed E-state index contributed by atoms with van der Waals surface area (Å²) in [4.78, 5) is 14.7. The lowest BCUT2D eigenvalue weighted by atomic mass is 10.2. The Kier molecular flexibility index (Phi) is 3.57. The quantitative estimate of drug-likeness (QED) is 0.628. The first-order valence-corrected chi connectivity index (χ1v) is 9.57. The average molecular weight is 346 g/mol. The minimum absolute atomic E-state index is 0.970. The molecule has 4 nitrogen and oxygen atoms in total. The Morgan fingerprint density at radius 2 is 1.92 bits per heavy atom. The summed E-state index contributed by atoms with van der Waals surface area (Å²) >= 11 is 1.70. The van der Waals surface area contributed by atoms with Crippen LogP contribution in [0.25, 0.3) is 10.2 Å². The largest absolute Gasteiger partial charge is 0.332 e. The maximum absolute atomic E-state index is 4.61. The smallest absolute Gasteiger partial charge is 0.154 e. The second-order valence-electron chi connectivity index (χ2n) is 6.48. The molecule has 1 fully saturated rings. The number of hydrogen-bond acceptors (Lipinski definition) is 5. The molecule has 1 saturated heterocycles. The van der Waals surface area contributed by atoms with Crippen molar-refractivity contribution in [2.45, 2.75) is 19.3 Å². The highest BCUT2D eigenvalue weighted by Crippen LogP contribution is 2.38. The summed E-state index contributed by atoms with van der Waals surface area (Å²) in [6, 6.07) is 14.0. The number of likely N-dealkylation sites (tertiary alicyclic amines) is 1. The number of nitrogens with zero attached hydrogens (tertiary/aromatic N) is 4. The Morgan fingerprint density at radius 1 is 1.04 bits per heavy atom. The van der Waals surface area contributed by atoms with Crippen molar-refractivity contribution in [1.82, 2.24) is 14.9 Å². The van der Waals surface area contributed by atoms with Crippen LogP contribution in [0.3, 0.4) is 0 Å². The van der Waals surface area contributed by atoms with Gasteiger partial charge in [-0.15, -0.1) is 11.3 Å². The molecule has 2 aromatic heterocycles. The summed E-state index contributed by atoms with van der Waals surface area (Å²) < 4.78 is 1.13. The fourth-order valence-electron chi connectivity index (χ4n) is 3.62. The predicted octanol–water partition coefficient (Wildman–Crippen LogP) is 3.79. The van der Waals surface area contributed by atoms with Crippen molar-refractivity contribution >= 4 is 33.1 Å². The van der Waals surface area contributed by atoms with Crippen molar-refractivity contribution in [2.75, 3.05) is 24.5 Å². The first-order chi connectivity index (χ1) is 12.4. The van der Waals surface area contributed by atoms with Crippen molar-refractivity contribution in [3.05, 3.63) is 47.1 Å². The molecule has 4 heterocycles. The average Bonchev–Trinajstić information content (AvgIpc) is 3.38. The van der Waals surface area contributed by atoms with Crippen LogP contribution in [-0.2, 0) is 6.42 Å². The van der Waals surface area contributed by atoms with Crippen LogP contribution in [0.2, 0.25) is 0 Å².